The Kier molecular flexibility index (Phi) is 3.49. The van der Waals surface area contributed by atoms with E-state index in [9.17, 15) is 9.79 Å². The topological polar surface area (TPSA) is 40.5 Å². The molecule has 0 radical (unpaired) electrons. The van der Waals surface area contributed by atoms with Crippen LogP contribution in [0, 0.1) is 0 Å². The highest BCUT2D eigenvalue weighted by atomic mass is 79.9. The van der Waals surface area contributed by atoms with Gasteiger partial charge in [0.15, 0.2) is 0 Å². The molecule has 0 aromatic heterocycles. The highest BCUT2D eigenvalue weighted by Crippen LogP contribution is 2.39. The van der Waals surface area contributed by atoms with Crippen LogP contribution in [0.25, 0.3) is 0 Å². The van der Waals surface area contributed by atoms with Crippen molar-refractivity contribution in [1.29, 1.82) is 0 Å². The van der Waals surface area contributed by atoms with Crippen LogP contribution in [-0.2, 0) is 11.8 Å². The molecular weight excluding hydrogens is 327 g/mol. The first-order valence-electron chi connectivity index (χ1n) is 2.93. The molecule has 0 heterocycles. The summed E-state index contributed by atoms with van der Waals surface area (Å²) in [4.78, 5) is 18.5. The van der Waals surface area contributed by atoms with Crippen molar-refractivity contribution in [2.45, 2.75) is 0 Å². The van der Waals surface area contributed by atoms with Gasteiger partial charge < -0.3 is 9.79 Å². The minimum absolute atomic E-state index is 0.361. The van der Waals surface area contributed by atoms with E-state index in [4.69, 9.17) is 0 Å². The smallest absolute Gasteiger partial charge is 0.216 e. The second-order valence-electron chi connectivity index (χ2n) is 2.11. The van der Waals surface area contributed by atoms with Crippen molar-refractivity contribution in [3.63, 3.8) is 0 Å². The van der Waals surface area contributed by atoms with E-state index in [-0.39, 0.29) is 0 Å². The largest absolute Gasteiger partial charge is 0.342 e. The van der Waals surface area contributed by atoms with Crippen molar-refractivity contribution >= 4 is 55.5 Å². The second kappa shape index (κ2) is 3.86. The molecule has 0 bridgehead atoms. The van der Waals surface area contributed by atoms with Crippen LogP contribution in [0.15, 0.2) is 27.1 Å². The van der Waals surface area contributed by atoms with Crippen molar-refractivity contribution in [1.82, 2.24) is 0 Å². The minimum atomic E-state index is -3.35. The molecule has 0 atom stereocenters. The van der Waals surface area contributed by atoms with E-state index < -0.39 is 6.49 Å². The summed E-state index contributed by atoms with van der Waals surface area (Å²) in [6.07, 6.45) is 0. The van der Waals surface area contributed by atoms with E-state index in [1.54, 1.807) is 18.2 Å². The zero-order valence-electron chi connectivity index (χ0n) is 5.74. The molecule has 0 aliphatic heterocycles. The molecule has 0 spiro atoms. The van der Waals surface area contributed by atoms with Crippen LogP contribution in [-0.4, -0.2) is 9.79 Å². The Morgan fingerprint density at radius 1 is 1.17 bits per heavy atom. The normalized spacial score (nSPS) is 11.7. The summed E-state index contributed by atoms with van der Waals surface area (Å²) in [7, 11) is 0. The Balaban J connectivity index is 3.42. The van der Waals surface area contributed by atoms with Crippen molar-refractivity contribution in [2.75, 3.05) is 0 Å². The highest BCUT2D eigenvalue weighted by molar-refractivity contribution is 9.11. The molecule has 0 saturated heterocycles. The monoisotopic (exact) mass is 330 g/mol. The van der Waals surface area contributed by atoms with Crippen LogP contribution in [0.2, 0.25) is 0 Å². The van der Waals surface area contributed by atoms with Crippen molar-refractivity contribution in [2.24, 2.45) is 0 Å². The summed E-state index contributed by atoms with van der Waals surface area (Å²) in [6, 6.07) is 5.21. The number of rotatable bonds is 1. The summed E-state index contributed by atoms with van der Waals surface area (Å²) >= 11 is 11.0. The Hall–Kier alpha value is 0.750. The molecule has 2 nitrogen and oxygen atoms in total. The zero-order chi connectivity index (χ0) is 9.35. The Morgan fingerprint density at radius 3 is 1.83 bits per heavy atom. The average molecular weight is 332 g/mol. The van der Waals surface area contributed by atoms with E-state index in [2.05, 4.69) is 43.7 Å². The molecule has 0 amide bonds. The highest BCUT2D eigenvalue weighted by Gasteiger charge is 2.18. The fourth-order valence-electron chi connectivity index (χ4n) is 0.767. The molecule has 1 rings (SSSR count). The molecule has 66 valence electrons. The zero-order valence-corrected chi connectivity index (χ0v) is 10.6. The maximum absolute atomic E-state index is 9.27. The first kappa shape index (κ1) is 10.8. The summed E-state index contributed by atoms with van der Waals surface area (Å²) in [5.74, 6) is 0. The number of halogens is 2. The molecule has 0 aliphatic carbocycles. The Labute approximate surface area is 92.0 Å². The van der Waals surface area contributed by atoms with Crippen LogP contribution in [0.1, 0.15) is 0 Å². The van der Waals surface area contributed by atoms with Gasteiger partial charge in [0, 0.05) is 8.95 Å². The minimum Gasteiger partial charge on any atom is -0.342 e. The quantitative estimate of drug-likeness (QED) is 0.775. The molecule has 6 heteroatoms. The molecule has 12 heavy (non-hydrogen) atoms. The van der Waals surface area contributed by atoms with Gasteiger partial charge in [-0.2, -0.15) is 0 Å². The van der Waals surface area contributed by atoms with Crippen molar-refractivity contribution in [3.8, 4) is 0 Å². The van der Waals surface area contributed by atoms with E-state index in [1.165, 1.54) is 0 Å². The van der Waals surface area contributed by atoms with Gasteiger partial charge in [-0.1, -0.05) is 6.07 Å². The van der Waals surface area contributed by atoms with Gasteiger partial charge in [0.2, 0.25) is 6.49 Å². The molecule has 0 fully saturated rings. The molecule has 2 N–H and O–H groups in total. The molecule has 0 saturated carbocycles. The third-order valence-electron chi connectivity index (χ3n) is 1.23. The summed E-state index contributed by atoms with van der Waals surface area (Å²) in [5.41, 5.74) is 0. The van der Waals surface area contributed by atoms with E-state index >= 15 is 0 Å². The molecule has 0 aliphatic rings. The number of benzene rings is 1. The second-order valence-corrected chi connectivity index (χ2v) is 6.89. The maximum Gasteiger partial charge on any atom is 0.216 e. The lowest BCUT2D eigenvalue weighted by Gasteiger charge is -2.11. The van der Waals surface area contributed by atoms with Gasteiger partial charge >= 0.3 is 0 Å². The van der Waals surface area contributed by atoms with Gasteiger partial charge in [0.25, 0.3) is 0 Å². The maximum atomic E-state index is 9.27. The molecular formula is C6H5Br2O2PS. The first-order valence-corrected chi connectivity index (χ1v) is 7.22. The lowest BCUT2D eigenvalue weighted by molar-refractivity contribution is 0.493. The van der Waals surface area contributed by atoms with Crippen LogP contribution >= 0.6 is 38.4 Å². The van der Waals surface area contributed by atoms with E-state index in [0.717, 1.165) is 0 Å². The van der Waals surface area contributed by atoms with Crippen LogP contribution < -0.4 is 5.30 Å². The summed E-state index contributed by atoms with van der Waals surface area (Å²) in [5, 5.41) is 0.361. The van der Waals surface area contributed by atoms with Crippen LogP contribution in [0.4, 0.5) is 0 Å². The standard InChI is InChI=1S/C6H5Br2O2PS/c7-4-2-1-3-5(8)6(4)11(9,10)12/h1-3H,(H2,9,10,12). The predicted molar refractivity (Wildman–Crippen MR) is 60.2 cm³/mol. The van der Waals surface area contributed by atoms with E-state index in [0.29, 0.717) is 14.2 Å². The lowest BCUT2D eigenvalue weighted by Crippen LogP contribution is -2.07. The van der Waals surface area contributed by atoms with Gasteiger partial charge in [-0.05, 0) is 55.8 Å². The Morgan fingerprint density at radius 2 is 1.58 bits per heavy atom. The third kappa shape index (κ3) is 2.37. The molecule has 0 unspecified atom stereocenters. The van der Waals surface area contributed by atoms with Gasteiger partial charge in [-0.15, -0.1) is 0 Å². The SMILES string of the molecule is OP(O)(=S)c1c(Br)cccc1Br. The number of hydrogen-bond donors (Lipinski definition) is 2. The molecule has 1 aromatic carbocycles. The fourth-order valence-corrected chi connectivity index (χ4v) is 5.25. The molecule has 1 aromatic rings. The predicted octanol–water partition coefficient (Wildman–Crippen LogP) is 2.13. The third-order valence-corrected chi connectivity index (χ3v) is 4.78. The first-order chi connectivity index (χ1) is 5.43. The van der Waals surface area contributed by atoms with Gasteiger partial charge in [-0.3, -0.25) is 0 Å². The lowest BCUT2D eigenvalue weighted by atomic mass is 10.4. The van der Waals surface area contributed by atoms with Gasteiger partial charge in [0.05, 0.1) is 5.30 Å². The Bertz CT molecular complexity index is 329. The van der Waals surface area contributed by atoms with Gasteiger partial charge in [0.1, 0.15) is 0 Å². The van der Waals surface area contributed by atoms with Crippen LogP contribution in [0.5, 0.6) is 0 Å². The van der Waals surface area contributed by atoms with Crippen LogP contribution in [0.3, 0.4) is 0 Å². The van der Waals surface area contributed by atoms with Crippen molar-refractivity contribution in [3.05, 3.63) is 27.1 Å². The summed E-state index contributed by atoms with van der Waals surface area (Å²) < 4.78 is 1.23. The fraction of sp³-hybridized carbons (Fsp3) is 0. The van der Waals surface area contributed by atoms with Crippen molar-refractivity contribution < 1.29 is 9.79 Å². The average Bonchev–Trinajstić information content (AvgIpc) is 1.82. The van der Waals surface area contributed by atoms with E-state index in [1.807, 2.05) is 0 Å². The van der Waals surface area contributed by atoms with Gasteiger partial charge in [-0.25, -0.2) is 0 Å². The summed E-state index contributed by atoms with van der Waals surface area (Å²) in [6.45, 7) is -3.35. The number of hydrogen-bond acceptors (Lipinski definition) is 1.